The number of benzene rings is 1. The van der Waals surface area contributed by atoms with Crippen molar-refractivity contribution in [2.24, 2.45) is 0 Å². The topological polar surface area (TPSA) is 56.2 Å². The van der Waals surface area contributed by atoms with E-state index in [9.17, 15) is 5.21 Å². The maximum absolute atomic E-state index is 11.8. The Morgan fingerprint density at radius 3 is 2.68 bits per heavy atom. The van der Waals surface area contributed by atoms with Crippen LogP contribution in [0.4, 0.5) is 5.69 Å². The highest BCUT2D eigenvalue weighted by Crippen LogP contribution is 2.43. The van der Waals surface area contributed by atoms with Crippen molar-refractivity contribution in [2.75, 3.05) is 12.8 Å². The molecule has 0 amide bonds. The van der Waals surface area contributed by atoms with Gasteiger partial charge in [-0.1, -0.05) is 0 Å². The number of pyridine rings is 1. The molecular weight excluding hydrogens is 294 g/mol. The summed E-state index contributed by atoms with van der Waals surface area (Å²) in [5, 5.41) is 13.3. The molecule has 2 N–H and O–H groups in total. The number of anilines is 1. The average Bonchev–Trinajstić information content (AvgIpc) is 2.73. The highest BCUT2D eigenvalue weighted by molar-refractivity contribution is 8.00. The molecule has 5 heteroatoms. The van der Waals surface area contributed by atoms with Gasteiger partial charge in [-0.2, -0.15) is 4.73 Å². The molecule has 2 fully saturated rings. The number of thioether (sulfide) groups is 1. The summed E-state index contributed by atoms with van der Waals surface area (Å²) in [4.78, 5) is 3.67. The van der Waals surface area contributed by atoms with Crippen molar-refractivity contribution in [2.45, 2.75) is 47.9 Å². The Kier molecular flexibility index (Phi) is 3.42. The first-order chi connectivity index (χ1) is 10.6. The van der Waals surface area contributed by atoms with Gasteiger partial charge < -0.3 is 15.8 Å². The lowest BCUT2D eigenvalue weighted by Gasteiger charge is -2.36. The molecule has 0 radical (unpaired) electrons. The summed E-state index contributed by atoms with van der Waals surface area (Å²) in [6.07, 6.45) is 6.67. The fourth-order valence-electron chi connectivity index (χ4n) is 4.01. The fraction of sp³-hybridized carbons (Fsp3) is 0.471. The first-order valence-electron chi connectivity index (χ1n) is 7.92. The molecule has 2 atom stereocenters. The summed E-state index contributed by atoms with van der Waals surface area (Å²) in [7, 11) is 2.26. The van der Waals surface area contributed by atoms with E-state index in [0.29, 0.717) is 10.8 Å². The number of nitrogen functional groups attached to an aromatic ring is 1. The monoisotopic (exact) mass is 315 g/mol. The second-order valence-electron chi connectivity index (χ2n) is 6.51. The lowest BCUT2D eigenvalue weighted by Crippen LogP contribution is -2.40. The lowest BCUT2D eigenvalue weighted by atomic mass is 10.0. The van der Waals surface area contributed by atoms with Crippen LogP contribution >= 0.6 is 11.8 Å². The van der Waals surface area contributed by atoms with Crippen molar-refractivity contribution in [3.05, 3.63) is 35.7 Å². The quantitative estimate of drug-likeness (QED) is 0.526. The second-order valence-corrected chi connectivity index (χ2v) is 7.85. The van der Waals surface area contributed by atoms with Crippen LogP contribution in [0.2, 0.25) is 0 Å². The Morgan fingerprint density at radius 2 is 1.95 bits per heavy atom. The van der Waals surface area contributed by atoms with Gasteiger partial charge in [-0.25, -0.2) is 0 Å². The number of piperidine rings is 1. The third-order valence-corrected chi connectivity index (χ3v) is 6.62. The summed E-state index contributed by atoms with van der Waals surface area (Å²) in [5.41, 5.74) is 7.73. The first-order valence-corrected chi connectivity index (χ1v) is 8.80. The molecule has 2 aliphatic heterocycles. The van der Waals surface area contributed by atoms with Crippen molar-refractivity contribution in [1.29, 1.82) is 0 Å². The summed E-state index contributed by atoms with van der Waals surface area (Å²) in [6.45, 7) is 0. The molecule has 0 aliphatic carbocycles. The highest BCUT2D eigenvalue weighted by Gasteiger charge is 2.38. The smallest absolute Gasteiger partial charge is 0.225 e. The number of nitrogens with two attached hydrogens (primary N) is 1. The minimum atomic E-state index is 0.636. The summed E-state index contributed by atoms with van der Waals surface area (Å²) >= 11 is 1.90. The number of hydrogen-bond donors (Lipinski definition) is 1. The Hall–Kier alpha value is -1.46. The molecule has 4 rings (SSSR count). The van der Waals surface area contributed by atoms with Gasteiger partial charge in [0.05, 0.1) is 11.1 Å². The zero-order chi connectivity index (χ0) is 15.3. The molecule has 0 saturated carbocycles. The normalized spacial score (nSPS) is 28.3. The van der Waals surface area contributed by atoms with Gasteiger partial charge in [0.25, 0.3) is 0 Å². The third kappa shape index (κ3) is 2.23. The average molecular weight is 315 g/mol. The predicted octanol–water partition coefficient (Wildman–Crippen LogP) is 2.77. The van der Waals surface area contributed by atoms with Crippen LogP contribution in [-0.2, 0) is 0 Å². The molecule has 2 aliphatic rings. The number of aromatic nitrogens is 1. The van der Waals surface area contributed by atoms with Crippen LogP contribution in [0.5, 0.6) is 0 Å². The van der Waals surface area contributed by atoms with E-state index in [2.05, 4.69) is 11.9 Å². The van der Waals surface area contributed by atoms with Gasteiger partial charge in [0.1, 0.15) is 0 Å². The lowest BCUT2D eigenvalue weighted by molar-refractivity contribution is -0.577. The molecule has 1 aromatic carbocycles. The Balaban J connectivity index is 1.61. The van der Waals surface area contributed by atoms with Gasteiger partial charge in [0, 0.05) is 34.4 Å². The van der Waals surface area contributed by atoms with Gasteiger partial charge >= 0.3 is 0 Å². The van der Waals surface area contributed by atoms with Crippen LogP contribution in [-0.4, -0.2) is 29.3 Å². The molecular formula is C17H21N3OS. The van der Waals surface area contributed by atoms with Gasteiger partial charge in [0.15, 0.2) is 6.20 Å². The van der Waals surface area contributed by atoms with E-state index in [4.69, 9.17) is 5.73 Å². The Bertz CT molecular complexity index is 706. The number of rotatable bonds is 2. The fourth-order valence-corrected chi connectivity index (χ4v) is 5.39. The van der Waals surface area contributed by atoms with Crippen molar-refractivity contribution in [3.63, 3.8) is 0 Å². The second kappa shape index (κ2) is 5.32. The zero-order valence-electron chi connectivity index (χ0n) is 12.7. The highest BCUT2D eigenvalue weighted by atomic mass is 32.2. The number of nitrogens with zero attached hydrogens (tertiary/aromatic N) is 2. The molecule has 2 aromatic rings. The van der Waals surface area contributed by atoms with Gasteiger partial charge in [0.2, 0.25) is 5.52 Å². The standard InChI is InChI=1S/C17H21N3OS/c1-19-11-4-5-12(19)10-13(9-11)22-16-7-6-15-14(17(16)18)3-2-8-20(15)21/h2-3,6-8,11-13H,4-5,9-10,18H2,1H3. The van der Waals surface area contributed by atoms with E-state index in [1.54, 1.807) is 6.07 Å². The molecule has 116 valence electrons. The van der Waals surface area contributed by atoms with E-state index in [1.807, 2.05) is 30.0 Å². The summed E-state index contributed by atoms with van der Waals surface area (Å²) in [5.74, 6) is 0. The molecule has 2 unspecified atom stereocenters. The van der Waals surface area contributed by atoms with Crippen molar-refractivity contribution >= 4 is 28.4 Å². The molecule has 2 bridgehead atoms. The van der Waals surface area contributed by atoms with Crippen LogP contribution in [0.25, 0.3) is 10.9 Å². The minimum absolute atomic E-state index is 0.636. The number of hydrogen-bond acceptors (Lipinski definition) is 4. The van der Waals surface area contributed by atoms with E-state index >= 15 is 0 Å². The van der Waals surface area contributed by atoms with Gasteiger partial charge in [-0.3, -0.25) is 0 Å². The molecule has 3 heterocycles. The van der Waals surface area contributed by atoms with Crippen LogP contribution in [0.1, 0.15) is 25.7 Å². The van der Waals surface area contributed by atoms with E-state index in [-0.39, 0.29) is 0 Å². The third-order valence-electron chi connectivity index (χ3n) is 5.29. The molecule has 22 heavy (non-hydrogen) atoms. The van der Waals surface area contributed by atoms with E-state index in [1.165, 1.54) is 31.9 Å². The SMILES string of the molecule is CN1C2CCC1CC(Sc1ccc3c(ccc[n+]3[O-])c1N)C2. The first kappa shape index (κ1) is 14.2. The number of fused-ring (bicyclic) bond motifs is 3. The van der Waals surface area contributed by atoms with Crippen molar-refractivity contribution < 1.29 is 4.73 Å². The summed E-state index contributed by atoms with van der Waals surface area (Å²) < 4.78 is 0.885. The predicted molar refractivity (Wildman–Crippen MR) is 90.8 cm³/mol. The Labute approximate surface area is 134 Å². The van der Waals surface area contributed by atoms with Crippen molar-refractivity contribution in [1.82, 2.24) is 4.90 Å². The molecule has 4 nitrogen and oxygen atoms in total. The van der Waals surface area contributed by atoms with E-state index in [0.717, 1.165) is 32.8 Å². The van der Waals surface area contributed by atoms with Gasteiger partial charge in [-0.15, -0.1) is 11.8 Å². The van der Waals surface area contributed by atoms with Crippen LogP contribution < -0.4 is 10.5 Å². The molecule has 2 saturated heterocycles. The van der Waals surface area contributed by atoms with Crippen LogP contribution in [0, 0.1) is 5.21 Å². The zero-order valence-corrected chi connectivity index (χ0v) is 13.6. The largest absolute Gasteiger partial charge is 0.618 e. The minimum Gasteiger partial charge on any atom is -0.618 e. The van der Waals surface area contributed by atoms with Crippen LogP contribution in [0.15, 0.2) is 35.4 Å². The van der Waals surface area contributed by atoms with Crippen LogP contribution in [0.3, 0.4) is 0 Å². The van der Waals surface area contributed by atoms with E-state index < -0.39 is 0 Å². The maximum atomic E-state index is 11.8. The maximum Gasteiger partial charge on any atom is 0.225 e. The Morgan fingerprint density at radius 1 is 1.23 bits per heavy atom. The van der Waals surface area contributed by atoms with Gasteiger partial charge in [-0.05, 0) is 44.9 Å². The van der Waals surface area contributed by atoms with Crippen molar-refractivity contribution in [3.8, 4) is 0 Å². The molecule has 0 spiro atoms. The summed E-state index contributed by atoms with van der Waals surface area (Å²) in [6, 6.07) is 9.07. The molecule has 1 aromatic heterocycles.